The highest BCUT2D eigenvalue weighted by Gasteiger charge is 2.29. The Labute approximate surface area is 128 Å². The fraction of sp³-hybridized carbons (Fsp3) is 0.588. The number of benzene rings is 1. The standard InChI is InChI=1S/C17H26ClNO/c1-7-17(5,6)19(16(20)10-18)11-15-13(3)8-12(2)9-14(15)4/h8-9H,7,10-11H2,1-6H3. The van der Waals surface area contributed by atoms with Gasteiger partial charge in [0, 0.05) is 12.1 Å². The summed E-state index contributed by atoms with van der Waals surface area (Å²) in [7, 11) is 0. The summed E-state index contributed by atoms with van der Waals surface area (Å²) < 4.78 is 0. The number of halogens is 1. The molecule has 0 radical (unpaired) electrons. The van der Waals surface area contributed by atoms with Crippen LogP contribution in [0.2, 0.25) is 0 Å². The molecule has 0 saturated heterocycles. The van der Waals surface area contributed by atoms with E-state index in [4.69, 9.17) is 11.6 Å². The fourth-order valence-electron chi connectivity index (χ4n) is 2.52. The number of hydrogen-bond acceptors (Lipinski definition) is 1. The molecule has 112 valence electrons. The Morgan fingerprint density at radius 3 is 2.10 bits per heavy atom. The van der Waals surface area contributed by atoms with Gasteiger partial charge in [-0.05, 0) is 57.7 Å². The molecule has 1 rings (SSSR count). The van der Waals surface area contributed by atoms with Crippen molar-refractivity contribution in [3.63, 3.8) is 0 Å². The second kappa shape index (κ2) is 6.62. The lowest BCUT2D eigenvalue weighted by molar-refractivity contribution is -0.134. The second-order valence-corrected chi connectivity index (χ2v) is 6.42. The lowest BCUT2D eigenvalue weighted by Gasteiger charge is -2.38. The summed E-state index contributed by atoms with van der Waals surface area (Å²) in [5, 5.41) is 0. The zero-order chi connectivity index (χ0) is 15.5. The van der Waals surface area contributed by atoms with Crippen molar-refractivity contribution in [2.24, 2.45) is 0 Å². The van der Waals surface area contributed by atoms with Crippen LogP contribution in [0.1, 0.15) is 49.4 Å². The van der Waals surface area contributed by atoms with Crippen LogP contribution in [0.25, 0.3) is 0 Å². The Bertz CT molecular complexity index is 471. The van der Waals surface area contributed by atoms with Gasteiger partial charge in [-0.25, -0.2) is 0 Å². The van der Waals surface area contributed by atoms with Gasteiger partial charge in [0.15, 0.2) is 0 Å². The Balaban J connectivity index is 3.17. The average Bonchev–Trinajstić information content (AvgIpc) is 2.36. The highest BCUT2D eigenvalue weighted by molar-refractivity contribution is 6.27. The molecule has 2 nitrogen and oxygen atoms in total. The first kappa shape index (κ1) is 17.0. The summed E-state index contributed by atoms with van der Waals surface area (Å²) >= 11 is 5.79. The zero-order valence-corrected chi connectivity index (χ0v) is 14.3. The lowest BCUT2D eigenvalue weighted by atomic mass is 9.94. The molecule has 0 aliphatic heterocycles. The minimum atomic E-state index is -0.185. The number of amides is 1. The summed E-state index contributed by atoms with van der Waals surface area (Å²) in [5.74, 6) is 0.0332. The zero-order valence-electron chi connectivity index (χ0n) is 13.5. The third kappa shape index (κ3) is 3.76. The molecule has 0 bridgehead atoms. The molecule has 0 unspecified atom stereocenters. The van der Waals surface area contributed by atoms with Gasteiger partial charge in [0.05, 0.1) is 0 Å². The van der Waals surface area contributed by atoms with Gasteiger partial charge in [0.2, 0.25) is 5.91 Å². The number of carbonyl (C=O) groups is 1. The summed E-state index contributed by atoms with van der Waals surface area (Å²) in [6.45, 7) is 13.2. The van der Waals surface area contributed by atoms with Crippen molar-refractivity contribution < 1.29 is 4.79 Å². The van der Waals surface area contributed by atoms with Gasteiger partial charge < -0.3 is 4.90 Å². The Morgan fingerprint density at radius 1 is 1.20 bits per heavy atom. The first-order chi connectivity index (χ1) is 9.22. The molecule has 3 heteroatoms. The van der Waals surface area contributed by atoms with E-state index in [1.165, 1.54) is 22.3 Å². The van der Waals surface area contributed by atoms with E-state index in [2.05, 4.69) is 53.7 Å². The van der Waals surface area contributed by atoms with E-state index < -0.39 is 0 Å². The van der Waals surface area contributed by atoms with Crippen LogP contribution in [-0.2, 0) is 11.3 Å². The molecule has 1 aromatic carbocycles. The Kier molecular flexibility index (Phi) is 5.64. The van der Waals surface area contributed by atoms with Gasteiger partial charge in [-0.15, -0.1) is 11.6 Å². The highest BCUT2D eigenvalue weighted by Crippen LogP contribution is 2.25. The summed E-state index contributed by atoms with van der Waals surface area (Å²) in [5.41, 5.74) is 4.78. The van der Waals surface area contributed by atoms with Crippen LogP contribution < -0.4 is 0 Å². The smallest absolute Gasteiger partial charge is 0.238 e. The molecule has 1 aromatic rings. The first-order valence-electron chi connectivity index (χ1n) is 7.16. The SMILES string of the molecule is CCC(C)(C)N(Cc1c(C)cc(C)cc1C)C(=O)CCl. The molecule has 0 aliphatic rings. The lowest BCUT2D eigenvalue weighted by Crippen LogP contribution is -2.47. The molecule has 20 heavy (non-hydrogen) atoms. The number of rotatable bonds is 5. The molecule has 1 amide bonds. The van der Waals surface area contributed by atoms with E-state index in [-0.39, 0.29) is 17.3 Å². The van der Waals surface area contributed by atoms with Gasteiger partial charge in [-0.2, -0.15) is 0 Å². The first-order valence-corrected chi connectivity index (χ1v) is 7.69. The molecular formula is C17H26ClNO. The topological polar surface area (TPSA) is 20.3 Å². The van der Waals surface area contributed by atoms with Crippen LogP contribution >= 0.6 is 11.6 Å². The van der Waals surface area contributed by atoms with Crippen molar-refractivity contribution in [2.75, 3.05) is 5.88 Å². The normalized spacial score (nSPS) is 11.6. The molecule has 0 spiro atoms. The van der Waals surface area contributed by atoms with Gasteiger partial charge >= 0.3 is 0 Å². The van der Waals surface area contributed by atoms with Crippen LogP contribution in [0, 0.1) is 20.8 Å². The molecule has 0 heterocycles. The van der Waals surface area contributed by atoms with Crippen molar-refractivity contribution in [3.05, 3.63) is 34.4 Å². The Hall–Kier alpha value is -1.02. The molecule has 0 aromatic heterocycles. The van der Waals surface area contributed by atoms with Gasteiger partial charge in [-0.3, -0.25) is 4.79 Å². The Morgan fingerprint density at radius 2 is 1.70 bits per heavy atom. The predicted molar refractivity (Wildman–Crippen MR) is 86.3 cm³/mol. The molecule has 0 aliphatic carbocycles. The third-order valence-electron chi connectivity index (χ3n) is 4.17. The van der Waals surface area contributed by atoms with Crippen LogP contribution in [0.15, 0.2) is 12.1 Å². The van der Waals surface area contributed by atoms with Crippen LogP contribution in [0.4, 0.5) is 0 Å². The third-order valence-corrected chi connectivity index (χ3v) is 4.40. The number of hydrogen-bond donors (Lipinski definition) is 0. The number of nitrogens with zero attached hydrogens (tertiary/aromatic N) is 1. The maximum atomic E-state index is 12.2. The monoisotopic (exact) mass is 295 g/mol. The van der Waals surface area contributed by atoms with E-state index in [0.29, 0.717) is 6.54 Å². The van der Waals surface area contributed by atoms with Crippen LogP contribution in [0.5, 0.6) is 0 Å². The van der Waals surface area contributed by atoms with Crippen molar-refractivity contribution in [1.82, 2.24) is 4.90 Å². The van der Waals surface area contributed by atoms with Crippen LogP contribution in [-0.4, -0.2) is 22.2 Å². The van der Waals surface area contributed by atoms with Crippen LogP contribution in [0.3, 0.4) is 0 Å². The number of alkyl halides is 1. The maximum absolute atomic E-state index is 12.2. The largest absolute Gasteiger partial charge is 0.332 e. The molecular weight excluding hydrogens is 270 g/mol. The molecule has 0 saturated carbocycles. The summed E-state index contributed by atoms with van der Waals surface area (Å²) in [6, 6.07) is 4.34. The fourth-order valence-corrected chi connectivity index (χ4v) is 2.66. The van der Waals surface area contributed by atoms with Crippen molar-refractivity contribution in [2.45, 2.75) is 60.0 Å². The van der Waals surface area contributed by atoms with E-state index in [0.717, 1.165) is 6.42 Å². The summed E-state index contributed by atoms with van der Waals surface area (Å²) in [6.07, 6.45) is 0.902. The minimum Gasteiger partial charge on any atom is -0.332 e. The number of aryl methyl sites for hydroxylation is 3. The average molecular weight is 296 g/mol. The van der Waals surface area contributed by atoms with E-state index >= 15 is 0 Å². The number of carbonyl (C=O) groups excluding carboxylic acids is 1. The van der Waals surface area contributed by atoms with Gasteiger partial charge in [0.25, 0.3) is 0 Å². The molecule has 0 fully saturated rings. The van der Waals surface area contributed by atoms with E-state index in [9.17, 15) is 4.79 Å². The minimum absolute atomic E-state index is 0.00195. The quantitative estimate of drug-likeness (QED) is 0.739. The van der Waals surface area contributed by atoms with Crippen molar-refractivity contribution in [1.29, 1.82) is 0 Å². The second-order valence-electron chi connectivity index (χ2n) is 6.16. The highest BCUT2D eigenvalue weighted by atomic mass is 35.5. The van der Waals surface area contributed by atoms with E-state index in [1.807, 2.05) is 4.90 Å². The summed E-state index contributed by atoms with van der Waals surface area (Å²) in [4.78, 5) is 14.1. The predicted octanol–water partition coefficient (Wildman–Crippen LogP) is 4.37. The van der Waals surface area contributed by atoms with Crippen molar-refractivity contribution in [3.8, 4) is 0 Å². The van der Waals surface area contributed by atoms with Gasteiger partial charge in [0.1, 0.15) is 5.88 Å². The van der Waals surface area contributed by atoms with E-state index in [1.54, 1.807) is 0 Å². The van der Waals surface area contributed by atoms with Gasteiger partial charge in [-0.1, -0.05) is 24.6 Å². The maximum Gasteiger partial charge on any atom is 0.238 e. The van der Waals surface area contributed by atoms with Crippen molar-refractivity contribution >= 4 is 17.5 Å². The molecule has 0 N–H and O–H groups in total. The molecule has 0 atom stereocenters.